The summed E-state index contributed by atoms with van der Waals surface area (Å²) in [6, 6.07) is 6.98. The quantitative estimate of drug-likeness (QED) is 0.746. The van der Waals surface area contributed by atoms with Gasteiger partial charge in [0.1, 0.15) is 5.75 Å². The predicted octanol–water partition coefficient (Wildman–Crippen LogP) is 2.16. The first-order valence-corrected chi connectivity index (χ1v) is 9.58. The summed E-state index contributed by atoms with van der Waals surface area (Å²) in [5.74, 6) is 0.626. The Morgan fingerprint density at radius 1 is 1.26 bits per heavy atom. The molecule has 0 fully saturated rings. The Morgan fingerprint density at radius 2 is 1.87 bits per heavy atom. The summed E-state index contributed by atoms with van der Waals surface area (Å²) >= 11 is 0. The Hall–Kier alpha value is -1.76. The van der Waals surface area contributed by atoms with Gasteiger partial charge in [-0.05, 0) is 51.5 Å². The van der Waals surface area contributed by atoms with Crippen LogP contribution >= 0.6 is 0 Å². The van der Waals surface area contributed by atoms with Crippen LogP contribution in [-0.2, 0) is 14.8 Å². The van der Waals surface area contributed by atoms with Crippen LogP contribution in [0.5, 0.6) is 5.75 Å². The van der Waals surface area contributed by atoms with Crippen LogP contribution in [0.4, 0.5) is 5.69 Å². The lowest BCUT2D eigenvalue weighted by molar-refractivity contribution is -0.121. The smallest absolute Gasteiger partial charge is 0.232 e. The van der Waals surface area contributed by atoms with Gasteiger partial charge in [-0.1, -0.05) is 0 Å². The number of nitrogens with one attached hydrogen (secondary N) is 1. The number of rotatable bonds is 9. The van der Waals surface area contributed by atoms with Gasteiger partial charge in [-0.25, -0.2) is 8.42 Å². The van der Waals surface area contributed by atoms with Gasteiger partial charge in [0.25, 0.3) is 0 Å². The molecule has 1 rings (SSSR count). The van der Waals surface area contributed by atoms with Crippen molar-refractivity contribution in [3.63, 3.8) is 0 Å². The van der Waals surface area contributed by atoms with Crippen LogP contribution in [0.25, 0.3) is 0 Å². The summed E-state index contributed by atoms with van der Waals surface area (Å²) in [7, 11) is -3.40. The van der Waals surface area contributed by atoms with E-state index in [0.29, 0.717) is 30.9 Å². The second-order valence-corrected chi connectivity index (χ2v) is 7.49. The molecular weight excluding hydrogens is 316 g/mol. The van der Waals surface area contributed by atoms with Gasteiger partial charge in [0.2, 0.25) is 15.9 Å². The zero-order valence-corrected chi connectivity index (χ0v) is 15.0. The minimum Gasteiger partial charge on any atom is -0.494 e. The van der Waals surface area contributed by atoms with Gasteiger partial charge in [0.15, 0.2) is 0 Å². The number of ether oxygens (including phenoxy) is 1. The largest absolute Gasteiger partial charge is 0.494 e. The van der Waals surface area contributed by atoms with E-state index in [1.165, 1.54) is 4.31 Å². The van der Waals surface area contributed by atoms with Crippen LogP contribution in [0.3, 0.4) is 0 Å². The first kappa shape index (κ1) is 19.3. The minimum absolute atomic E-state index is 0.0693. The highest BCUT2D eigenvalue weighted by atomic mass is 32.2. The molecule has 1 aromatic rings. The fourth-order valence-electron chi connectivity index (χ4n) is 2.14. The number of hydrogen-bond acceptors (Lipinski definition) is 4. The van der Waals surface area contributed by atoms with E-state index < -0.39 is 10.0 Å². The van der Waals surface area contributed by atoms with Crippen LogP contribution < -0.4 is 14.4 Å². The molecule has 130 valence electrons. The van der Waals surface area contributed by atoms with Crippen molar-refractivity contribution in [2.75, 3.05) is 23.7 Å². The first-order chi connectivity index (χ1) is 10.7. The van der Waals surface area contributed by atoms with Gasteiger partial charge >= 0.3 is 0 Å². The fourth-order valence-corrected chi connectivity index (χ4v) is 3.10. The summed E-state index contributed by atoms with van der Waals surface area (Å²) in [6.45, 7) is 6.48. The average Bonchev–Trinajstić information content (AvgIpc) is 2.43. The molecule has 1 aromatic carbocycles. The maximum absolute atomic E-state index is 12.0. The summed E-state index contributed by atoms with van der Waals surface area (Å²) in [5, 5.41) is 2.79. The van der Waals surface area contributed by atoms with Crippen LogP contribution in [0, 0.1) is 0 Å². The normalized spacial score (nSPS) is 11.3. The highest BCUT2D eigenvalue weighted by Crippen LogP contribution is 2.22. The van der Waals surface area contributed by atoms with Gasteiger partial charge in [0, 0.05) is 19.0 Å². The third-order valence-electron chi connectivity index (χ3n) is 3.05. The van der Waals surface area contributed by atoms with E-state index >= 15 is 0 Å². The van der Waals surface area contributed by atoms with Crippen molar-refractivity contribution in [2.24, 2.45) is 0 Å². The number of nitrogens with zero attached hydrogens (tertiary/aromatic N) is 1. The van der Waals surface area contributed by atoms with Gasteiger partial charge in [-0.15, -0.1) is 0 Å². The molecule has 0 aliphatic heterocycles. The van der Waals surface area contributed by atoms with Crippen molar-refractivity contribution >= 4 is 21.6 Å². The fraction of sp³-hybridized carbons (Fsp3) is 0.562. The summed E-state index contributed by atoms with van der Waals surface area (Å²) in [5.41, 5.74) is 0.570. The summed E-state index contributed by atoms with van der Waals surface area (Å²) in [6.07, 6.45) is 1.91. The van der Waals surface area contributed by atoms with E-state index in [0.717, 1.165) is 6.26 Å². The third kappa shape index (κ3) is 6.90. The molecule has 0 heterocycles. The molecule has 1 N–H and O–H groups in total. The van der Waals surface area contributed by atoms with Crippen LogP contribution in [0.1, 0.15) is 33.6 Å². The molecule has 0 spiro atoms. The second-order valence-electron chi connectivity index (χ2n) is 5.59. The van der Waals surface area contributed by atoms with Gasteiger partial charge in [0.05, 0.1) is 18.6 Å². The van der Waals surface area contributed by atoms with E-state index in [4.69, 9.17) is 4.74 Å². The van der Waals surface area contributed by atoms with E-state index in [1.807, 2.05) is 20.8 Å². The molecule has 0 radical (unpaired) electrons. The maximum atomic E-state index is 12.0. The van der Waals surface area contributed by atoms with E-state index in [2.05, 4.69) is 5.32 Å². The van der Waals surface area contributed by atoms with Crippen molar-refractivity contribution in [1.82, 2.24) is 5.32 Å². The van der Waals surface area contributed by atoms with Gasteiger partial charge in [-0.2, -0.15) is 0 Å². The molecular formula is C16H26N2O4S. The molecule has 0 aliphatic rings. The van der Waals surface area contributed by atoms with Crippen molar-refractivity contribution in [2.45, 2.75) is 39.7 Å². The molecule has 23 heavy (non-hydrogen) atoms. The number of carbonyl (C=O) groups is 1. The summed E-state index contributed by atoms with van der Waals surface area (Å²) < 4.78 is 30.6. The zero-order valence-electron chi connectivity index (χ0n) is 14.2. The number of amides is 1. The Labute approximate surface area is 138 Å². The third-order valence-corrected chi connectivity index (χ3v) is 4.24. The lowest BCUT2D eigenvalue weighted by Gasteiger charge is -2.22. The SMILES string of the molecule is CCOc1ccc(N(CCCC(=O)NC(C)C)S(C)(=O)=O)cc1. The zero-order chi connectivity index (χ0) is 17.5. The van der Waals surface area contributed by atoms with E-state index in [9.17, 15) is 13.2 Å². The molecule has 0 aliphatic carbocycles. The molecule has 1 amide bonds. The van der Waals surface area contributed by atoms with Crippen LogP contribution in [0.15, 0.2) is 24.3 Å². The number of sulfonamides is 1. The van der Waals surface area contributed by atoms with E-state index in [1.54, 1.807) is 24.3 Å². The molecule has 0 atom stereocenters. The number of hydrogen-bond donors (Lipinski definition) is 1. The second kappa shape index (κ2) is 8.76. The summed E-state index contributed by atoms with van der Waals surface area (Å²) in [4.78, 5) is 11.6. The molecule has 0 saturated carbocycles. The van der Waals surface area contributed by atoms with Crippen molar-refractivity contribution < 1.29 is 17.9 Å². The lowest BCUT2D eigenvalue weighted by atomic mass is 10.2. The Balaban J connectivity index is 2.72. The van der Waals surface area contributed by atoms with Crippen LogP contribution in [0.2, 0.25) is 0 Å². The number of benzene rings is 1. The predicted molar refractivity (Wildman–Crippen MR) is 92.3 cm³/mol. The molecule has 0 unspecified atom stereocenters. The molecule has 0 aromatic heterocycles. The number of carbonyl (C=O) groups excluding carboxylic acids is 1. The highest BCUT2D eigenvalue weighted by Gasteiger charge is 2.17. The maximum Gasteiger partial charge on any atom is 0.232 e. The molecule has 6 nitrogen and oxygen atoms in total. The molecule has 7 heteroatoms. The monoisotopic (exact) mass is 342 g/mol. The Bertz CT molecular complexity index is 597. The molecule has 0 saturated heterocycles. The van der Waals surface area contributed by atoms with Gasteiger partial charge in [-0.3, -0.25) is 9.10 Å². The molecule has 0 bridgehead atoms. The average molecular weight is 342 g/mol. The topological polar surface area (TPSA) is 75.7 Å². The standard InChI is InChI=1S/C16H26N2O4S/c1-5-22-15-10-8-14(9-11-15)18(23(4,20)21)12-6-7-16(19)17-13(2)3/h8-11,13H,5-7,12H2,1-4H3,(H,17,19). The van der Waals surface area contributed by atoms with Crippen molar-refractivity contribution in [1.29, 1.82) is 0 Å². The highest BCUT2D eigenvalue weighted by molar-refractivity contribution is 7.92. The first-order valence-electron chi connectivity index (χ1n) is 7.74. The Kier molecular flexibility index (Phi) is 7.35. The Morgan fingerprint density at radius 3 is 2.35 bits per heavy atom. The van der Waals surface area contributed by atoms with Crippen molar-refractivity contribution in [3.05, 3.63) is 24.3 Å². The van der Waals surface area contributed by atoms with Crippen LogP contribution in [-0.4, -0.2) is 39.8 Å². The lowest BCUT2D eigenvalue weighted by Crippen LogP contribution is -2.33. The minimum atomic E-state index is -3.40. The number of anilines is 1. The van der Waals surface area contributed by atoms with Gasteiger partial charge < -0.3 is 10.1 Å². The van der Waals surface area contributed by atoms with E-state index in [-0.39, 0.29) is 18.5 Å². The van der Waals surface area contributed by atoms with Crippen molar-refractivity contribution in [3.8, 4) is 5.75 Å².